The van der Waals surface area contributed by atoms with Crippen LogP contribution in [0.4, 0.5) is 5.82 Å². The largest absolute Gasteiger partial charge is 0.354 e. The Hall–Kier alpha value is -2.37. The highest BCUT2D eigenvalue weighted by molar-refractivity contribution is 6.30. The molecule has 5 rings (SSSR count). The molecule has 138 valence electrons. The summed E-state index contributed by atoms with van der Waals surface area (Å²) in [6.07, 6.45) is 3.90. The number of nitrogens with one attached hydrogen (secondary N) is 1. The lowest BCUT2D eigenvalue weighted by atomic mass is 9.89. The number of rotatable bonds is 3. The lowest BCUT2D eigenvalue weighted by Gasteiger charge is -2.35. The number of aromatic amines is 1. The Balaban J connectivity index is 1.27. The number of hydrogen-bond donors (Lipinski definition) is 1. The minimum atomic E-state index is 0.683. The summed E-state index contributed by atoms with van der Waals surface area (Å²) in [7, 11) is 0. The van der Waals surface area contributed by atoms with E-state index in [-0.39, 0.29) is 0 Å². The van der Waals surface area contributed by atoms with E-state index in [9.17, 15) is 0 Å². The standard InChI is InChI=1S/C21H22ClN5/c22-16-6-8-20(23-13-16)27-11-9-26(10-12-27)14-19-18-7-5-15-3-1-2-4-17(15)21(18)25-24-19/h1-4,6,8,13H,5,7,9-12,14H2,(H,24,25). The van der Waals surface area contributed by atoms with Crippen molar-refractivity contribution in [3.63, 3.8) is 0 Å². The predicted octanol–water partition coefficient (Wildman–Crippen LogP) is 3.55. The molecule has 0 saturated carbocycles. The van der Waals surface area contributed by atoms with E-state index in [4.69, 9.17) is 11.6 Å². The molecular formula is C21H22ClN5. The number of benzene rings is 1. The van der Waals surface area contributed by atoms with Crippen LogP contribution in [0.5, 0.6) is 0 Å². The minimum Gasteiger partial charge on any atom is -0.354 e. The molecule has 27 heavy (non-hydrogen) atoms. The van der Waals surface area contributed by atoms with Crippen molar-refractivity contribution >= 4 is 17.4 Å². The maximum absolute atomic E-state index is 5.94. The van der Waals surface area contributed by atoms with E-state index in [2.05, 4.69) is 49.2 Å². The molecule has 5 nitrogen and oxygen atoms in total. The van der Waals surface area contributed by atoms with E-state index in [0.717, 1.165) is 57.1 Å². The van der Waals surface area contributed by atoms with Gasteiger partial charge in [0.15, 0.2) is 0 Å². The third kappa shape index (κ3) is 3.22. The maximum Gasteiger partial charge on any atom is 0.128 e. The van der Waals surface area contributed by atoms with Gasteiger partial charge in [-0.05, 0) is 30.5 Å². The molecule has 0 radical (unpaired) electrons. The third-order valence-electron chi connectivity index (χ3n) is 5.66. The molecule has 1 N–H and O–H groups in total. The van der Waals surface area contributed by atoms with Crippen molar-refractivity contribution in [2.45, 2.75) is 19.4 Å². The quantitative estimate of drug-likeness (QED) is 0.756. The van der Waals surface area contributed by atoms with Crippen LogP contribution in [0.2, 0.25) is 5.02 Å². The Morgan fingerprint density at radius 1 is 1.00 bits per heavy atom. The fourth-order valence-electron chi connectivity index (χ4n) is 4.17. The molecule has 1 aliphatic carbocycles. The van der Waals surface area contributed by atoms with E-state index in [1.54, 1.807) is 6.20 Å². The Morgan fingerprint density at radius 2 is 1.85 bits per heavy atom. The van der Waals surface area contributed by atoms with E-state index >= 15 is 0 Å². The number of hydrogen-bond acceptors (Lipinski definition) is 4. The van der Waals surface area contributed by atoms with Crippen LogP contribution >= 0.6 is 11.6 Å². The Labute approximate surface area is 164 Å². The number of fused-ring (bicyclic) bond motifs is 3. The molecule has 0 bridgehead atoms. The molecular weight excluding hydrogens is 358 g/mol. The second-order valence-corrected chi connectivity index (χ2v) is 7.72. The number of nitrogens with zero attached hydrogens (tertiary/aromatic N) is 4. The van der Waals surface area contributed by atoms with Crippen molar-refractivity contribution in [3.8, 4) is 11.3 Å². The van der Waals surface area contributed by atoms with Gasteiger partial charge in [0.25, 0.3) is 0 Å². The number of halogens is 1. The van der Waals surface area contributed by atoms with Crippen molar-refractivity contribution < 1.29 is 0 Å². The van der Waals surface area contributed by atoms with Gasteiger partial charge in [0.2, 0.25) is 0 Å². The number of H-pyrrole nitrogens is 1. The van der Waals surface area contributed by atoms with E-state index < -0.39 is 0 Å². The molecule has 1 fully saturated rings. The van der Waals surface area contributed by atoms with Crippen LogP contribution in [0.25, 0.3) is 11.3 Å². The van der Waals surface area contributed by atoms with Gasteiger partial charge in [0.1, 0.15) is 5.82 Å². The zero-order chi connectivity index (χ0) is 18.2. The molecule has 6 heteroatoms. The number of piperazine rings is 1. The predicted molar refractivity (Wildman–Crippen MR) is 108 cm³/mol. The monoisotopic (exact) mass is 379 g/mol. The second-order valence-electron chi connectivity index (χ2n) is 7.28. The summed E-state index contributed by atoms with van der Waals surface area (Å²) in [6, 6.07) is 12.5. The lowest BCUT2D eigenvalue weighted by molar-refractivity contribution is 0.246. The fourth-order valence-corrected chi connectivity index (χ4v) is 4.28. The van der Waals surface area contributed by atoms with E-state index in [1.165, 1.54) is 22.4 Å². The number of aromatic nitrogens is 3. The zero-order valence-electron chi connectivity index (χ0n) is 15.2. The van der Waals surface area contributed by atoms with Crippen LogP contribution < -0.4 is 4.90 Å². The summed E-state index contributed by atoms with van der Waals surface area (Å²) in [6.45, 7) is 4.94. The van der Waals surface area contributed by atoms with E-state index in [0.29, 0.717) is 5.02 Å². The van der Waals surface area contributed by atoms with Crippen molar-refractivity contribution in [1.29, 1.82) is 0 Å². The third-order valence-corrected chi connectivity index (χ3v) is 5.88. The number of anilines is 1. The van der Waals surface area contributed by atoms with Crippen LogP contribution in [0.15, 0.2) is 42.6 Å². The van der Waals surface area contributed by atoms with Crippen molar-refractivity contribution in [1.82, 2.24) is 20.1 Å². The van der Waals surface area contributed by atoms with Gasteiger partial charge >= 0.3 is 0 Å². The van der Waals surface area contributed by atoms with Gasteiger partial charge in [0, 0.05) is 50.0 Å². The molecule has 1 aromatic carbocycles. The molecule has 2 aromatic heterocycles. The molecule has 1 saturated heterocycles. The van der Waals surface area contributed by atoms with Gasteiger partial charge in [0.05, 0.1) is 16.4 Å². The zero-order valence-corrected chi connectivity index (χ0v) is 15.9. The van der Waals surface area contributed by atoms with Crippen LogP contribution in [0, 0.1) is 0 Å². The molecule has 0 unspecified atom stereocenters. The average Bonchev–Trinajstić information content (AvgIpc) is 3.12. The first-order valence-corrected chi connectivity index (χ1v) is 9.89. The van der Waals surface area contributed by atoms with Crippen LogP contribution in [-0.4, -0.2) is 46.3 Å². The van der Waals surface area contributed by atoms with Gasteiger partial charge < -0.3 is 4.90 Å². The van der Waals surface area contributed by atoms with Crippen molar-refractivity contribution in [2.75, 3.05) is 31.1 Å². The molecule has 2 aliphatic rings. The smallest absolute Gasteiger partial charge is 0.128 e. The highest BCUT2D eigenvalue weighted by atomic mass is 35.5. The molecule has 3 aromatic rings. The summed E-state index contributed by atoms with van der Waals surface area (Å²) < 4.78 is 0. The Bertz CT molecular complexity index is 941. The van der Waals surface area contributed by atoms with Crippen molar-refractivity contribution in [3.05, 3.63) is 64.4 Å². The first-order valence-electron chi connectivity index (χ1n) is 9.51. The summed E-state index contributed by atoms with van der Waals surface area (Å²) in [5.74, 6) is 1.01. The highest BCUT2D eigenvalue weighted by Gasteiger charge is 2.24. The van der Waals surface area contributed by atoms with Crippen LogP contribution in [-0.2, 0) is 19.4 Å². The fraction of sp³-hybridized carbons (Fsp3) is 0.333. The maximum atomic E-state index is 5.94. The Morgan fingerprint density at radius 3 is 2.67 bits per heavy atom. The van der Waals surface area contributed by atoms with Crippen LogP contribution in [0.1, 0.15) is 16.8 Å². The van der Waals surface area contributed by atoms with Gasteiger partial charge in [-0.25, -0.2) is 4.98 Å². The number of pyridine rings is 1. The summed E-state index contributed by atoms with van der Waals surface area (Å²) in [4.78, 5) is 9.27. The topological polar surface area (TPSA) is 48.0 Å². The second kappa shape index (κ2) is 6.98. The molecule has 0 atom stereocenters. The van der Waals surface area contributed by atoms with Crippen molar-refractivity contribution in [2.24, 2.45) is 0 Å². The molecule has 1 aliphatic heterocycles. The van der Waals surface area contributed by atoms with Gasteiger partial charge in [-0.2, -0.15) is 5.10 Å². The summed E-state index contributed by atoms with van der Waals surface area (Å²) in [5.41, 5.74) is 6.52. The van der Waals surface area contributed by atoms with Crippen LogP contribution in [0.3, 0.4) is 0 Å². The van der Waals surface area contributed by atoms with Gasteiger partial charge in [-0.3, -0.25) is 10.00 Å². The van der Waals surface area contributed by atoms with E-state index in [1.807, 2.05) is 12.1 Å². The first kappa shape index (κ1) is 16.8. The first-order chi connectivity index (χ1) is 13.3. The summed E-state index contributed by atoms with van der Waals surface area (Å²) >= 11 is 5.94. The lowest BCUT2D eigenvalue weighted by Crippen LogP contribution is -2.46. The SMILES string of the molecule is Clc1ccc(N2CCN(Cc3[nH]nc4c3CCc3ccccc3-4)CC2)nc1. The molecule has 0 amide bonds. The summed E-state index contributed by atoms with van der Waals surface area (Å²) in [5, 5.41) is 8.65. The van der Waals surface area contributed by atoms with Gasteiger partial charge in [-0.1, -0.05) is 35.9 Å². The normalized spacial score (nSPS) is 16.9. The Kier molecular flexibility index (Phi) is 4.34. The number of aryl methyl sites for hydroxylation is 1. The minimum absolute atomic E-state index is 0.683. The molecule has 3 heterocycles. The highest BCUT2D eigenvalue weighted by Crippen LogP contribution is 2.33. The molecule has 0 spiro atoms. The van der Waals surface area contributed by atoms with Gasteiger partial charge in [-0.15, -0.1) is 0 Å². The average molecular weight is 380 g/mol.